The molecule has 9 heteroatoms. The maximum absolute atomic E-state index is 12.8. The van der Waals surface area contributed by atoms with E-state index in [1.54, 1.807) is 18.7 Å². The van der Waals surface area contributed by atoms with Crippen LogP contribution in [0.25, 0.3) is 11.1 Å². The van der Waals surface area contributed by atoms with Crippen molar-refractivity contribution in [3.05, 3.63) is 54.1 Å². The predicted octanol–water partition coefficient (Wildman–Crippen LogP) is 3.19. The summed E-state index contributed by atoms with van der Waals surface area (Å²) >= 11 is 0. The molecule has 1 amide bonds. The van der Waals surface area contributed by atoms with Crippen molar-refractivity contribution in [1.82, 2.24) is 9.62 Å². The largest absolute Gasteiger partial charge is 0.491 e. The molecule has 1 aliphatic heterocycles. The molecule has 1 saturated heterocycles. The molecule has 34 heavy (non-hydrogen) atoms. The van der Waals surface area contributed by atoms with Crippen LogP contribution in [0.3, 0.4) is 0 Å². The molecular formula is C25H34N2O6S. The van der Waals surface area contributed by atoms with Crippen LogP contribution in [0.2, 0.25) is 0 Å². The van der Waals surface area contributed by atoms with Crippen molar-refractivity contribution in [3.8, 4) is 16.9 Å². The van der Waals surface area contributed by atoms with Crippen LogP contribution < -0.4 is 9.46 Å². The Morgan fingerprint density at radius 1 is 1.21 bits per heavy atom. The molecule has 2 aromatic carbocycles. The van der Waals surface area contributed by atoms with Gasteiger partial charge in [-0.2, -0.15) is 0 Å². The molecule has 1 fully saturated rings. The van der Waals surface area contributed by atoms with E-state index in [1.807, 2.05) is 48.5 Å². The number of aliphatic hydroxyl groups excluding tert-OH is 1. The van der Waals surface area contributed by atoms with Gasteiger partial charge in [-0.3, -0.25) is 0 Å². The van der Waals surface area contributed by atoms with Gasteiger partial charge in [-0.15, -0.1) is 0 Å². The Morgan fingerprint density at radius 3 is 2.68 bits per heavy atom. The Labute approximate surface area is 201 Å². The number of hydrogen-bond acceptors (Lipinski definition) is 6. The normalized spacial score (nSPS) is 18.7. The number of ether oxygens (including phenoxy) is 2. The summed E-state index contributed by atoms with van der Waals surface area (Å²) in [6, 6.07) is 14.7. The van der Waals surface area contributed by atoms with Crippen molar-refractivity contribution in [2.24, 2.45) is 0 Å². The Kier molecular flexibility index (Phi) is 8.93. The van der Waals surface area contributed by atoms with E-state index in [4.69, 9.17) is 14.6 Å². The van der Waals surface area contributed by atoms with Gasteiger partial charge in [0.25, 0.3) is 0 Å². The van der Waals surface area contributed by atoms with E-state index >= 15 is 0 Å². The number of carbonyl (C=O) groups excluding carboxylic acids is 1. The number of para-hydroxylation sites is 1. The second-order valence-electron chi connectivity index (χ2n) is 8.80. The number of benzene rings is 2. The number of aliphatic hydroxyl groups is 1. The number of carbonyl (C=O) groups is 1. The van der Waals surface area contributed by atoms with Gasteiger partial charge in [0.2, 0.25) is 10.0 Å². The van der Waals surface area contributed by atoms with E-state index in [0.717, 1.165) is 22.9 Å². The zero-order valence-electron chi connectivity index (χ0n) is 19.9. The fraction of sp³-hybridized carbons (Fsp3) is 0.480. The van der Waals surface area contributed by atoms with E-state index in [9.17, 15) is 13.2 Å². The molecule has 1 aliphatic rings. The van der Waals surface area contributed by atoms with Crippen molar-refractivity contribution in [3.63, 3.8) is 0 Å². The van der Waals surface area contributed by atoms with Crippen LogP contribution in [0.5, 0.6) is 5.75 Å². The standard InChI is InChI=1S/C25H34N2O6S/c1-18(2)33-25(29)27-13-7-11-22(26-34(3,30)31)23(27)17-19-8-6-9-20(16-19)21-10-4-5-12-24(21)32-15-14-28/h4-6,8-10,12,16,18,22-23,26,28H,7,11,13-15,17H2,1-3H3. The van der Waals surface area contributed by atoms with E-state index < -0.39 is 22.2 Å². The average molecular weight is 491 g/mol. The molecular weight excluding hydrogens is 456 g/mol. The second kappa shape index (κ2) is 11.7. The predicted molar refractivity (Wildman–Crippen MR) is 131 cm³/mol. The number of likely N-dealkylation sites (tertiary alicyclic amines) is 1. The lowest BCUT2D eigenvalue weighted by Gasteiger charge is -2.41. The molecule has 186 valence electrons. The van der Waals surface area contributed by atoms with Crippen LogP contribution in [-0.2, 0) is 21.2 Å². The Bertz CT molecular complexity index is 1070. The molecule has 8 nitrogen and oxygen atoms in total. The third-order valence-corrected chi connectivity index (χ3v) is 6.37. The molecule has 2 unspecified atom stereocenters. The van der Waals surface area contributed by atoms with Gasteiger partial charge >= 0.3 is 6.09 Å². The molecule has 1 heterocycles. The molecule has 0 saturated carbocycles. The number of piperidine rings is 1. The quantitative estimate of drug-likeness (QED) is 0.559. The lowest BCUT2D eigenvalue weighted by Crippen LogP contribution is -2.58. The summed E-state index contributed by atoms with van der Waals surface area (Å²) in [4.78, 5) is 14.5. The monoisotopic (exact) mass is 490 g/mol. The minimum atomic E-state index is -3.45. The van der Waals surface area contributed by atoms with E-state index in [2.05, 4.69) is 4.72 Å². The Hall–Kier alpha value is -2.62. The molecule has 0 spiro atoms. The minimum absolute atomic E-state index is 0.0763. The van der Waals surface area contributed by atoms with E-state index in [-0.39, 0.29) is 25.4 Å². The fourth-order valence-corrected chi connectivity index (χ4v) is 5.14. The second-order valence-corrected chi connectivity index (χ2v) is 10.6. The van der Waals surface area contributed by atoms with Gasteiger partial charge in [0, 0.05) is 18.2 Å². The fourth-order valence-electron chi connectivity index (χ4n) is 4.31. The Balaban J connectivity index is 1.91. The van der Waals surface area contributed by atoms with Crippen LogP contribution in [0.15, 0.2) is 48.5 Å². The number of rotatable bonds is 9. The molecule has 2 atom stereocenters. The maximum Gasteiger partial charge on any atom is 0.410 e. The molecule has 0 bridgehead atoms. The van der Waals surface area contributed by atoms with Gasteiger partial charge in [0.15, 0.2) is 0 Å². The Morgan fingerprint density at radius 2 is 1.97 bits per heavy atom. The van der Waals surface area contributed by atoms with Crippen molar-refractivity contribution >= 4 is 16.1 Å². The first-order valence-corrected chi connectivity index (χ1v) is 13.4. The molecule has 2 N–H and O–H groups in total. The van der Waals surface area contributed by atoms with E-state index in [0.29, 0.717) is 31.6 Å². The summed E-state index contributed by atoms with van der Waals surface area (Å²) in [5, 5.41) is 9.13. The van der Waals surface area contributed by atoms with Crippen molar-refractivity contribution < 1.29 is 27.8 Å². The highest BCUT2D eigenvalue weighted by Gasteiger charge is 2.37. The van der Waals surface area contributed by atoms with Gasteiger partial charge in [0.05, 0.1) is 25.0 Å². The highest BCUT2D eigenvalue weighted by atomic mass is 32.2. The first-order chi connectivity index (χ1) is 16.2. The molecule has 2 aromatic rings. The van der Waals surface area contributed by atoms with Crippen LogP contribution in [-0.4, -0.2) is 68.7 Å². The maximum atomic E-state index is 12.8. The summed E-state index contributed by atoms with van der Waals surface area (Å²) in [7, 11) is -3.45. The molecule has 0 aliphatic carbocycles. The highest BCUT2D eigenvalue weighted by molar-refractivity contribution is 7.88. The topological polar surface area (TPSA) is 105 Å². The summed E-state index contributed by atoms with van der Waals surface area (Å²) in [6.07, 6.45) is 2.23. The van der Waals surface area contributed by atoms with Crippen molar-refractivity contribution in [1.29, 1.82) is 0 Å². The number of nitrogens with zero attached hydrogens (tertiary/aromatic N) is 1. The average Bonchev–Trinajstić information content (AvgIpc) is 2.77. The summed E-state index contributed by atoms with van der Waals surface area (Å²) in [6.45, 7) is 4.22. The first kappa shape index (κ1) is 26.0. The number of nitrogens with one attached hydrogen (secondary N) is 1. The molecule has 3 rings (SSSR count). The third kappa shape index (κ3) is 7.19. The molecule has 0 radical (unpaired) electrons. The minimum Gasteiger partial charge on any atom is -0.491 e. The van der Waals surface area contributed by atoms with Gasteiger partial charge in [0.1, 0.15) is 12.4 Å². The number of amides is 1. The zero-order valence-corrected chi connectivity index (χ0v) is 20.8. The van der Waals surface area contributed by atoms with Crippen LogP contribution in [0, 0.1) is 0 Å². The van der Waals surface area contributed by atoms with Gasteiger partial charge in [-0.1, -0.05) is 42.5 Å². The van der Waals surface area contributed by atoms with Crippen LogP contribution >= 0.6 is 0 Å². The van der Waals surface area contributed by atoms with Gasteiger partial charge < -0.3 is 19.5 Å². The van der Waals surface area contributed by atoms with Crippen molar-refractivity contribution in [2.45, 2.75) is 51.3 Å². The molecule has 0 aromatic heterocycles. The van der Waals surface area contributed by atoms with Crippen LogP contribution in [0.1, 0.15) is 32.3 Å². The van der Waals surface area contributed by atoms with E-state index in [1.165, 1.54) is 0 Å². The third-order valence-electron chi connectivity index (χ3n) is 5.63. The first-order valence-electron chi connectivity index (χ1n) is 11.5. The number of sulfonamides is 1. The smallest absolute Gasteiger partial charge is 0.410 e. The highest BCUT2D eigenvalue weighted by Crippen LogP contribution is 2.31. The number of hydrogen-bond donors (Lipinski definition) is 2. The lowest BCUT2D eigenvalue weighted by molar-refractivity contribution is 0.0461. The summed E-state index contributed by atoms with van der Waals surface area (Å²) in [5.74, 6) is 0.671. The van der Waals surface area contributed by atoms with Crippen LogP contribution in [0.4, 0.5) is 4.79 Å². The lowest BCUT2D eigenvalue weighted by atomic mass is 9.90. The van der Waals surface area contributed by atoms with Crippen molar-refractivity contribution in [2.75, 3.05) is 26.0 Å². The summed E-state index contributed by atoms with van der Waals surface area (Å²) in [5.41, 5.74) is 2.79. The SMILES string of the molecule is CC(C)OC(=O)N1CCCC(NS(C)(=O)=O)C1Cc1cccc(-c2ccccc2OCCO)c1. The van der Waals surface area contributed by atoms with Gasteiger partial charge in [-0.25, -0.2) is 17.9 Å². The van der Waals surface area contributed by atoms with Gasteiger partial charge in [-0.05, 0) is 50.3 Å². The zero-order chi connectivity index (χ0) is 24.7. The summed E-state index contributed by atoms with van der Waals surface area (Å²) < 4.78 is 37.9.